The number of amides is 1. The summed E-state index contributed by atoms with van der Waals surface area (Å²) in [6, 6.07) is -0.259. The van der Waals surface area contributed by atoms with Gasteiger partial charge in [0.05, 0.1) is 28.3 Å². The van der Waals surface area contributed by atoms with Crippen molar-refractivity contribution in [3.8, 4) is 0 Å². The number of likely N-dealkylation sites (tertiary alicyclic amines) is 1. The number of hydrogen-bond donors (Lipinski definition) is 2. The zero-order valence-electron chi connectivity index (χ0n) is 17.4. The van der Waals surface area contributed by atoms with Gasteiger partial charge in [0.2, 0.25) is 5.91 Å². The Kier molecular flexibility index (Phi) is 7.46. The highest BCUT2D eigenvalue weighted by atomic mass is 35.5. The van der Waals surface area contributed by atoms with Crippen molar-refractivity contribution in [3.63, 3.8) is 0 Å². The molecule has 31 heavy (non-hydrogen) atoms. The van der Waals surface area contributed by atoms with E-state index in [1.54, 1.807) is 4.90 Å². The smallest absolute Gasteiger partial charge is 0.387 e. The molecule has 1 aliphatic carbocycles. The zero-order chi connectivity index (χ0) is 23.1. The molecule has 2 fully saturated rings. The van der Waals surface area contributed by atoms with E-state index in [-0.39, 0.29) is 45.9 Å². The minimum Gasteiger partial charge on any atom is -0.387 e. The Morgan fingerprint density at radius 3 is 2.55 bits per heavy atom. The van der Waals surface area contributed by atoms with E-state index in [1.807, 2.05) is 6.92 Å². The molecule has 1 amide bonds. The van der Waals surface area contributed by atoms with Crippen molar-refractivity contribution in [1.82, 2.24) is 9.88 Å². The Balaban J connectivity index is 1.77. The van der Waals surface area contributed by atoms with Gasteiger partial charge in [-0.05, 0) is 50.9 Å². The third kappa shape index (κ3) is 4.97. The molecule has 174 valence electrons. The number of aliphatic hydroxyl groups is 2. The summed E-state index contributed by atoms with van der Waals surface area (Å²) in [4.78, 5) is 18.8. The molecule has 1 aliphatic heterocycles. The van der Waals surface area contributed by atoms with Gasteiger partial charge in [0.25, 0.3) is 0 Å². The number of aliphatic hydroxyl groups excluding tert-OH is 2. The average Bonchev–Trinajstić information content (AvgIpc) is 2.69. The van der Waals surface area contributed by atoms with Gasteiger partial charge in [-0.2, -0.15) is 13.2 Å². The lowest BCUT2D eigenvalue weighted by molar-refractivity contribution is -0.233. The molecule has 3 rings (SSSR count). The van der Waals surface area contributed by atoms with Crippen molar-refractivity contribution in [2.45, 2.75) is 70.4 Å². The molecule has 0 unspecified atom stereocenters. The van der Waals surface area contributed by atoms with E-state index in [0.717, 1.165) is 6.42 Å². The predicted octanol–water partition coefficient (Wildman–Crippen LogP) is 4.56. The third-order valence-corrected chi connectivity index (χ3v) is 7.62. The van der Waals surface area contributed by atoms with Gasteiger partial charge in [0.15, 0.2) is 6.10 Å². The van der Waals surface area contributed by atoms with Gasteiger partial charge in [-0.1, -0.05) is 29.6 Å². The fourth-order valence-corrected chi connectivity index (χ4v) is 5.93. The fourth-order valence-electron chi connectivity index (χ4n) is 5.30. The predicted molar refractivity (Wildman–Crippen MR) is 111 cm³/mol. The standard InChI is InChI=1S/C21H27Cl2F3N2O3/c1-10-12-4-3-5-14(20(31)21(24,25)26)13(12)6-7-28(10)17(30)8-15-16(22)9-27-19(11(2)29)18(15)23/h9-14,20,29,31H,3-8H2,1-2H3/t10-,11-,12+,13+,14+,20-/m0/s1. The summed E-state index contributed by atoms with van der Waals surface area (Å²) < 4.78 is 39.4. The number of pyridine rings is 1. The summed E-state index contributed by atoms with van der Waals surface area (Å²) in [5, 5.41) is 20.1. The van der Waals surface area contributed by atoms with Crippen molar-refractivity contribution < 1.29 is 28.2 Å². The molecule has 1 aromatic rings. The van der Waals surface area contributed by atoms with Crippen LogP contribution in [0.1, 0.15) is 56.9 Å². The number of aromatic nitrogens is 1. The first-order valence-electron chi connectivity index (χ1n) is 10.5. The minimum absolute atomic E-state index is 0.0871. The molecule has 0 aromatic carbocycles. The first kappa shape index (κ1) is 24.6. The van der Waals surface area contributed by atoms with Crippen LogP contribution in [-0.2, 0) is 11.2 Å². The molecule has 5 nitrogen and oxygen atoms in total. The molecular formula is C21H27Cl2F3N2O3. The van der Waals surface area contributed by atoms with E-state index in [4.69, 9.17) is 23.2 Å². The fraction of sp³-hybridized carbons (Fsp3) is 0.714. The second-order valence-electron chi connectivity index (χ2n) is 8.66. The third-order valence-electron chi connectivity index (χ3n) is 6.87. The molecular weight excluding hydrogens is 456 g/mol. The summed E-state index contributed by atoms with van der Waals surface area (Å²) in [5.74, 6) is -1.45. The lowest BCUT2D eigenvalue weighted by Crippen LogP contribution is -2.55. The number of carbonyl (C=O) groups excluding carboxylic acids is 1. The number of alkyl halides is 3. The maximum absolute atomic E-state index is 13.1. The molecule has 1 saturated heterocycles. The van der Waals surface area contributed by atoms with Crippen LogP contribution in [0.15, 0.2) is 6.20 Å². The zero-order valence-corrected chi connectivity index (χ0v) is 18.9. The Labute approximate surface area is 189 Å². The number of carbonyl (C=O) groups is 1. The number of hydrogen-bond acceptors (Lipinski definition) is 4. The number of fused-ring (bicyclic) bond motifs is 1. The van der Waals surface area contributed by atoms with Crippen LogP contribution in [0.3, 0.4) is 0 Å². The van der Waals surface area contributed by atoms with E-state index in [1.165, 1.54) is 13.1 Å². The summed E-state index contributed by atoms with van der Waals surface area (Å²) in [7, 11) is 0. The van der Waals surface area contributed by atoms with E-state index in [9.17, 15) is 28.2 Å². The Morgan fingerprint density at radius 2 is 1.94 bits per heavy atom. The largest absolute Gasteiger partial charge is 0.414 e. The second-order valence-corrected chi connectivity index (χ2v) is 9.45. The summed E-state index contributed by atoms with van der Waals surface area (Å²) in [5.41, 5.74) is 0.611. The molecule has 6 atom stereocenters. The van der Waals surface area contributed by atoms with E-state index >= 15 is 0 Å². The molecule has 1 aromatic heterocycles. The van der Waals surface area contributed by atoms with E-state index < -0.39 is 24.3 Å². The highest BCUT2D eigenvalue weighted by molar-refractivity contribution is 6.36. The normalized spacial score (nSPS) is 28.7. The summed E-state index contributed by atoms with van der Waals surface area (Å²) in [6.07, 6.45) is -4.57. The molecule has 2 heterocycles. The quantitative estimate of drug-likeness (QED) is 0.659. The van der Waals surface area contributed by atoms with Crippen LogP contribution in [-0.4, -0.2) is 50.9 Å². The molecule has 2 aliphatic rings. The van der Waals surface area contributed by atoms with Crippen molar-refractivity contribution >= 4 is 29.1 Å². The SMILES string of the molecule is C[C@H](O)c1ncc(Cl)c(CC(=O)N2CC[C@H]3[C@H]([C@H](O)C(F)(F)F)CCC[C@@H]3[C@@H]2C)c1Cl. The summed E-state index contributed by atoms with van der Waals surface area (Å²) >= 11 is 12.5. The van der Waals surface area contributed by atoms with Crippen LogP contribution in [0, 0.1) is 17.8 Å². The van der Waals surface area contributed by atoms with Crippen LogP contribution >= 0.6 is 23.2 Å². The summed E-state index contributed by atoms with van der Waals surface area (Å²) in [6.45, 7) is 3.68. The van der Waals surface area contributed by atoms with Crippen LogP contribution in [0.4, 0.5) is 13.2 Å². The highest BCUT2D eigenvalue weighted by Crippen LogP contribution is 2.47. The number of halogens is 5. The van der Waals surface area contributed by atoms with Gasteiger partial charge in [-0.25, -0.2) is 0 Å². The monoisotopic (exact) mass is 482 g/mol. The molecule has 2 N–H and O–H groups in total. The van der Waals surface area contributed by atoms with Gasteiger partial charge in [-0.15, -0.1) is 0 Å². The van der Waals surface area contributed by atoms with Gasteiger partial charge in [0.1, 0.15) is 0 Å². The van der Waals surface area contributed by atoms with Crippen molar-refractivity contribution in [1.29, 1.82) is 0 Å². The lowest BCUT2D eigenvalue weighted by atomic mass is 9.64. The van der Waals surface area contributed by atoms with Crippen LogP contribution < -0.4 is 0 Å². The van der Waals surface area contributed by atoms with Crippen LogP contribution in [0.2, 0.25) is 10.0 Å². The van der Waals surface area contributed by atoms with E-state index in [2.05, 4.69) is 4.98 Å². The first-order valence-corrected chi connectivity index (χ1v) is 11.2. The molecule has 0 radical (unpaired) electrons. The number of nitrogens with zero attached hydrogens (tertiary/aromatic N) is 2. The van der Waals surface area contributed by atoms with Gasteiger partial charge >= 0.3 is 6.18 Å². The minimum atomic E-state index is -4.64. The average molecular weight is 483 g/mol. The highest BCUT2D eigenvalue weighted by Gasteiger charge is 2.51. The second kappa shape index (κ2) is 9.41. The van der Waals surface area contributed by atoms with Gasteiger partial charge < -0.3 is 15.1 Å². The van der Waals surface area contributed by atoms with Crippen molar-refractivity contribution in [2.75, 3.05) is 6.54 Å². The number of rotatable bonds is 4. The first-order chi connectivity index (χ1) is 14.4. The molecule has 0 bridgehead atoms. The van der Waals surface area contributed by atoms with Crippen LogP contribution in [0.5, 0.6) is 0 Å². The van der Waals surface area contributed by atoms with Crippen LogP contribution in [0.25, 0.3) is 0 Å². The maximum atomic E-state index is 13.1. The maximum Gasteiger partial charge on any atom is 0.414 e. The topological polar surface area (TPSA) is 73.7 Å². The van der Waals surface area contributed by atoms with Gasteiger partial charge in [-0.3, -0.25) is 9.78 Å². The molecule has 10 heteroatoms. The molecule has 0 spiro atoms. The number of piperidine rings is 1. The molecule has 1 saturated carbocycles. The Morgan fingerprint density at radius 1 is 1.26 bits per heavy atom. The van der Waals surface area contributed by atoms with E-state index in [0.29, 0.717) is 31.4 Å². The van der Waals surface area contributed by atoms with Gasteiger partial charge in [0, 0.05) is 24.3 Å². The van der Waals surface area contributed by atoms with Crippen molar-refractivity contribution in [2.24, 2.45) is 17.8 Å². The van der Waals surface area contributed by atoms with Crippen molar-refractivity contribution in [3.05, 3.63) is 27.5 Å². The Hall–Kier alpha value is -1.09. The Bertz CT molecular complexity index is 822. The lowest BCUT2D eigenvalue weighted by Gasteiger charge is -2.50.